The number of hydrogen-bond acceptors (Lipinski definition) is 12. The van der Waals surface area contributed by atoms with Crippen LogP contribution in [-0.2, 0) is 29.4 Å². The number of carbonyl (C=O) groups excluding carboxylic acids is 5. The third kappa shape index (κ3) is 10.5. The minimum absolute atomic E-state index is 0.0614. The second kappa shape index (κ2) is 22.5. The maximum absolute atomic E-state index is 15.0. The van der Waals surface area contributed by atoms with Gasteiger partial charge in [0.25, 0.3) is 0 Å². The van der Waals surface area contributed by atoms with Crippen LogP contribution < -0.4 is 20.4 Å². The molecule has 0 bridgehead atoms. The minimum atomic E-state index is -0.697. The van der Waals surface area contributed by atoms with Gasteiger partial charge in [-0.15, -0.1) is 0 Å². The molecule has 18 heteroatoms. The second-order valence-electron chi connectivity index (χ2n) is 23.3. The van der Waals surface area contributed by atoms with E-state index in [1.165, 1.54) is 57.6 Å². The molecule has 2 aliphatic carbocycles. The lowest BCUT2D eigenvalue weighted by molar-refractivity contribution is -0.142. The molecule has 78 heavy (non-hydrogen) atoms. The fourth-order valence-electron chi connectivity index (χ4n) is 13.5. The van der Waals surface area contributed by atoms with Crippen LogP contribution in [0.2, 0.25) is 0 Å². The number of halogens is 1. The fraction of sp³-hybridized carbons (Fsp3) is 0.550. The first-order chi connectivity index (χ1) is 37.8. The number of fused-ring (bicyclic) bond motifs is 3. The van der Waals surface area contributed by atoms with E-state index < -0.39 is 11.2 Å². The van der Waals surface area contributed by atoms with E-state index in [-0.39, 0.29) is 59.1 Å². The van der Waals surface area contributed by atoms with Crippen LogP contribution in [0.4, 0.5) is 27.4 Å². The molecule has 1 spiro atoms. The molecule has 4 saturated heterocycles. The number of anilines is 4. The first-order valence-electron chi connectivity index (χ1n) is 28.8. The normalized spacial score (nSPS) is 23.0. The van der Waals surface area contributed by atoms with Gasteiger partial charge in [0.1, 0.15) is 11.3 Å². The van der Waals surface area contributed by atoms with Crippen LogP contribution in [0.15, 0.2) is 67.4 Å². The van der Waals surface area contributed by atoms with E-state index in [1.54, 1.807) is 31.7 Å². The monoisotopic (exact) mass is 1060 g/mol. The Morgan fingerprint density at radius 1 is 0.821 bits per heavy atom. The van der Waals surface area contributed by atoms with Crippen molar-refractivity contribution in [2.45, 2.75) is 159 Å². The van der Waals surface area contributed by atoms with Gasteiger partial charge in [0.2, 0.25) is 29.5 Å². The Labute approximate surface area is 456 Å². The van der Waals surface area contributed by atoms with Crippen LogP contribution in [0, 0.1) is 11.7 Å². The number of imidazole rings is 1. The molecule has 12 rings (SSSR count). The molecule has 5 aliphatic heterocycles. The number of likely N-dealkylation sites (tertiary alicyclic amines) is 3. The summed E-state index contributed by atoms with van der Waals surface area (Å²) in [7, 11) is 2.10. The molecular weight excluding hydrogens is 988 g/mol. The first-order valence-corrected chi connectivity index (χ1v) is 28.8. The summed E-state index contributed by atoms with van der Waals surface area (Å²) < 4.78 is 16.9. The highest BCUT2D eigenvalue weighted by molar-refractivity contribution is 6.09. The summed E-state index contributed by atoms with van der Waals surface area (Å²) >= 11 is 0. The lowest BCUT2D eigenvalue weighted by atomic mass is 9.73. The van der Waals surface area contributed by atoms with Gasteiger partial charge in [-0.25, -0.2) is 19.3 Å². The predicted octanol–water partition coefficient (Wildman–Crippen LogP) is 8.81. The van der Waals surface area contributed by atoms with E-state index in [0.717, 1.165) is 65.2 Å². The summed E-state index contributed by atoms with van der Waals surface area (Å²) in [6, 6.07) is 15.1. The largest absolute Gasteiger partial charge is 0.357 e. The number of pyridine rings is 3. The van der Waals surface area contributed by atoms with Gasteiger partial charge in [0.05, 0.1) is 40.8 Å². The van der Waals surface area contributed by atoms with Crippen LogP contribution in [0.3, 0.4) is 0 Å². The average molecular weight is 1060 g/mol. The third-order valence-corrected chi connectivity index (χ3v) is 18.3. The summed E-state index contributed by atoms with van der Waals surface area (Å²) in [6.07, 6.45) is 21.9. The predicted molar refractivity (Wildman–Crippen MR) is 298 cm³/mol. The number of carbonyl (C=O) groups is 5. The van der Waals surface area contributed by atoms with Crippen molar-refractivity contribution < 1.29 is 28.4 Å². The number of piperidine rings is 4. The van der Waals surface area contributed by atoms with Crippen LogP contribution in [0.5, 0.6) is 0 Å². The zero-order valence-corrected chi connectivity index (χ0v) is 45.8. The van der Waals surface area contributed by atoms with Crippen molar-refractivity contribution in [1.29, 1.82) is 0 Å². The van der Waals surface area contributed by atoms with E-state index in [9.17, 15) is 23.6 Å². The molecule has 6 fully saturated rings. The molecule has 1 unspecified atom stereocenters. The topological polar surface area (TPSA) is 182 Å². The van der Waals surface area contributed by atoms with E-state index in [0.29, 0.717) is 88.3 Å². The molecule has 5 aromatic rings. The molecule has 4 aromatic heterocycles. The summed E-state index contributed by atoms with van der Waals surface area (Å²) in [6.45, 7) is 10.3. The van der Waals surface area contributed by atoms with Crippen LogP contribution in [0.25, 0.3) is 22.3 Å². The van der Waals surface area contributed by atoms with E-state index in [2.05, 4.69) is 74.4 Å². The molecule has 1 atom stereocenters. The SMILES string of the molecule is CC(=O)N1CCC(C(=O)N2CCC3(CC2)C(=O)N(C2CC(N4CCCCC4)C2)c2cc(-c4cc5ncn(C(C)C)c5c(Nc5ccncc5F)n4)ccc23)CC1.CN(c1ccc(C2CCC(=O)NC2=O)cn1)C1CCCCC1. The van der Waals surface area contributed by atoms with E-state index >= 15 is 4.79 Å². The number of nitrogens with one attached hydrogen (secondary N) is 2. The van der Waals surface area contributed by atoms with Crippen molar-refractivity contribution in [3.05, 3.63) is 84.3 Å². The van der Waals surface area contributed by atoms with Crippen molar-refractivity contribution in [2.24, 2.45) is 5.92 Å². The van der Waals surface area contributed by atoms with Crippen molar-refractivity contribution >= 4 is 63.6 Å². The zero-order chi connectivity index (χ0) is 54.2. The molecule has 7 aliphatic rings. The average Bonchev–Trinajstić information content (AvgIpc) is 4.21. The van der Waals surface area contributed by atoms with Crippen molar-refractivity contribution in [1.82, 2.24) is 44.5 Å². The van der Waals surface area contributed by atoms with Gasteiger partial charge in [-0.3, -0.25) is 34.3 Å². The maximum atomic E-state index is 15.0. The third-order valence-electron chi connectivity index (χ3n) is 18.3. The summed E-state index contributed by atoms with van der Waals surface area (Å²) in [5.41, 5.74) is 5.49. The Kier molecular flexibility index (Phi) is 15.3. The molecule has 5 amide bonds. The van der Waals surface area contributed by atoms with Gasteiger partial charge in [0.15, 0.2) is 11.6 Å². The molecule has 2 saturated carbocycles. The van der Waals surface area contributed by atoms with Crippen molar-refractivity contribution in [3.8, 4) is 11.3 Å². The summed E-state index contributed by atoms with van der Waals surface area (Å²) in [5, 5.41) is 5.63. The number of imide groups is 1. The van der Waals surface area contributed by atoms with Gasteiger partial charge in [-0.1, -0.05) is 43.9 Å². The maximum Gasteiger partial charge on any atom is 0.238 e. The zero-order valence-electron chi connectivity index (χ0n) is 45.8. The fourth-order valence-corrected chi connectivity index (χ4v) is 13.5. The summed E-state index contributed by atoms with van der Waals surface area (Å²) in [5.74, 6) is 0.631. The highest BCUT2D eigenvalue weighted by Crippen LogP contribution is 2.52. The van der Waals surface area contributed by atoms with E-state index in [4.69, 9.17) is 9.97 Å². The first kappa shape index (κ1) is 53.2. The molecule has 17 nitrogen and oxygen atoms in total. The Morgan fingerprint density at radius 2 is 1.56 bits per heavy atom. The number of hydrogen-bond donors (Lipinski definition) is 2. The minimum Gasteiger partial charge on any atom is -0.357 e. The molecule has 412 valence electrons. The number of aromatic nitrogens is 5. The molecular formula is C60H75FN12O5. The van der Waals surface area contributed by atoms with Gasteiger partial charge < -0.3 is 34.4 Å². The second-order valence-corrected chi connectivity index (χ2v) is 23.3. The number of nitrogens with zero attached hydrogens (tertiary/aromatic N) is 10. The quantitative estimate of drug-likeness (QED) is 0.127. The molecule has 2 N–H and O–H groups in total. The van der Waals surface area contributed by atoms with Crippen LogP contribution >= 0.6 is 0 Å². The number of benzene rings is 1. The van der Waals surface area contributed by atoms with E-state index in [1.807, 2.05) is 32.6 Å². The molecule has 0 radical (unpaired) electrons. The van der Waals surface area contributed by atoms with Crippen LogP contribution in [0.1, 0.15) is 147 Å². The van der Waals surface area contributed by atoms with Crippen LogP contribution in [-0.4, -0.2) is 133 Å². The highest BCUT2D eigenvalue weighted by Gasteiger charge is 2.56. The lowest BCUT2D eigenvalue weighted by Gasteiger charge is -2.48. The standard InChI is InChI=1S/C43H52FN9O3.C17H23N3O2/c1-27(2)52-26-46-37-24-36(48-40(39(37)52)47-35-9-14-45-25-34(35)44)30-7-8-33-38(21-30)53(32-22-31(23-32)50-15-5-4-6-16-50)42(56)43(33)12-19-51(20-13-43)41(55)29-10-17-49(18-11-29)28(3)54;1-20(13-5-3-2-4-6-13)15-9-7-12(11-18-15)14-8-10-16(21)19-17(14)22/h7-9,14,21,24-27,29,31-32H,4-6,10-13,15-20,22-23H2,1-3H3,(H,45,47,48);7,9,11,13-14H,2-6,8,10H2,1H3,(H,19,21,22). The lowest BCUT2D eigenvalue weighted by Crippen LogP contribution is -2.58. The Hall–Kier alpha value is -6.82. The van der Waals surface area contributed by atoms with Gasteiger partial charge in [-0.2, -0.15) is 0 Å². The smallest absolute Gasteiger partial charge is 0.238 e. The van der Waals surface area contributed by atoms with Gasteiger partial charge >= 0.3 is 0 Å². The Bertz CT molecular complexity index is 3040. The van der Waals surface area contributed by atoms with Crippen molar-refractivity contribution in [2.75, 3.05) is 61.4 Å². The van der Waals surface area contributed by atoms with Crippen molar-refractivity contribution in [3.63, 3.8) is 0 Å². The van der Waals surface area contributed by atoms with Gasteiger partial charge in [-0.05, 0) is 133 Å². The van der Waals surface area contributed by atoms with Gasteiger partial charge in [0, 0.05) is 100 Å². The number of amides is 5. The highest BCUT2D eigenvalue weighted by atomic mass is 19.1. The summed E-state index contributed by atoms with van der Waals surface area (Å²) in [4.78, 5) is 92.8. The number of rotatable bonds is 10. The molecule has 1 aromatic carbocycles. The Morgan fingerprint density at radius 3 is 2.24 bits per heavy atom. The Balaban J connectivity index is 0.000000245. The molecule has 9 heterocycles.